The van der Waals surface area contributed by atoms with Crippen LogP contribution in [0, 0.1) is 6.92 Å². The van der Waals surface area contributed by atoms with E-state index in [0.717, 1.165) is 0 Å². The highest BCUT2D eigenvalue weighted by atomic mass is 32.2. The fourth-order valence-corrected chi connectivity index (χ4v) is 4.32. The molecule has 3 amide bonds. The summed E-state index contributed by atoms with van der Waals surface area (Å²) in [4.78, 5) is 52.2. The van der Waals surface area contributed by atoms with Gasteiger partial charge in [0.1, 0.15) is 22.9 Å². The molecule has 0 atom stereocenters. The van der Waals surface area contributed by atoms with Crippen molar-refractivity contribution in [2.24, 2.45) is 5.73 Å². The Hall–Kier alpha value is -4.97. The number of carboxylic acids is 1. The first-order valence-electron chi connectivity index (χ1n) is 13.8. The van der Waals surface area contributed by atoms with Gasteiger partial charge in [-0.25, -0.2) is 18.2 Å². The Bertz CT molecular complexity index is 1640. The molecule has 0 bridgehead atoms. The maximum atomic E-state index is 13.3. The molecule has 45 heavy (non-hydrogen) atoms. The topological polar surface area (TPSA) is 236 Å². The number of imidazole rings is 1. The van der Waals surface area contributed by atoms with Crippen molar-refractivity contribution in [1.29, 1.82) is 0 Å². The maximum absolute atomic E-state index is 13.3. The van der Waals surface area contributed by atoms with Crippen LogP contribution in [0.5, 0.6) is 5.75 Å². The first-order chi connectivity index (χ1) is 21.5. The van der Waals surface area contributed by atoms with E-state index in [9.17, 15) is 27.6 Å². The highest BCUT2D eigenvalue weighted by Crippen LogP contribution is 2.31. The van der Waals surface area contributed by atoms with Gasteiger partial charge < -0.3 is 34.9 Å². The van der Waals surface area contributed by atoms with E-state index in [1.54, 1.807) is 34.4 Å². The van der Waals surface area contributed by atoms with E-state index in [1.165, 1.54) is 12.1 Å². The van der Waals surface area contributed by atoms with E-state index in [1.807, 2.05) is 6.92 Å². The van der Waals surface area contributed by atoms with Crippen molar-refractivity contribution >= 4 is 51.6 Å². The average Bonchev–Trinajstić information content (AvgIpc) is 3.53. The number of carboxylic acid groups (broad SMARTS) is 1. The predicted molar refractivity (Wildman–Crippen MR) is 161 cm³/mol. The summed E-state index contributed by atoms with van der Waals surface area (Å²) in [5.41, 5.74) is 7.32. The second-order valence-electron chi connectivity index (χ2n) is 9.41. The van der Waals surface area contributed by atoms with E-state index in [0.29, 0.717) is 29.0 Å². The number of primary amides is 1. The number of nitrogens with one attached hydrogen (secondary N) is 2. The number of aromatic nitrogens is 4. The molecular weight excluding hydrogens is 614 g/mol. The molecule has 17 nitrogen and oxygen atoms in total. The molecular formula is C27H35N7O10S. The number of fused-ring (bicyclic) bond motifs is 1. The van der Waals surface area contributed by atoms with Crippen LogP contribution in [-0.2, 0) is 38.1 Å². The van der Waals surface area contributed by atoms with Gasteiger partial charge in [-0.15, -0.1) is 0 Å². The van der Waals surface area contributed by atoms with Gasteiger partial charge in [-0.3, -0.25) is 24.4 Å². The fourth-order valence-electron chi connectivity index (χ4n) is 4.06. The second kappa shape index (κ2) is 16.8. The van der Waals surface area contributed by atoms with Crippen molar-refractivity contribution in [3.63, 3.8) is 0 Å². The number of ether oxygens (including phenoxy) is 3. The number of thiol groups is 1. The van der Waals surface area contributed by atoms with Crippen LogP contribution in [0.25, 0.3) is 11.0 Å². The third kappa shape index (κ3) is 10.3. The molecule has 0 fully saturated rings. The summed E-state index contributed by atoms with van der Waals surface area (Å²) >= 11 is 0. The first kappa shape index (κ1) is 34.5. The zero-order chi connectivity index (χ0) is 32.9. The SMILES string of the molecule is CCn1nc(C)cc1C(=O)Nc1nc2cc(C(N)=O)cc(OCCCOC(=O)NCCC(=O)O)c2n1C/C=C/COC[SH](=O)=O. The van der Waals surface area contributed by atoms with Crippen LogP contribution in [0.4, 0.5) is 10.7 Å². The number of hydrogen-bond acceptors (Lipinski definition) is 11. The van der Waals surface area contributed by atoms with Crippen LogP contribution in [0.1, 0.15) is 46.3 Å². The molecule has 5 N–H and O–H groups in total. The highest BCUT2D eigenvalue weighted by molar-refractivity contribution is 7.72. The van der Waals surface area contributed by atoms with Gasteiger partial charge in [0.25, 0.3) is 5.91 Å². The van der Waals surface area contributed by atoms with Gasteiger partial charge in [0.15, 0.2) is 10.7 Å². The van der Waals surface area contributed by atoms with Crippen molar-refractivity contribution < 1.29 is 46.9 Å². The molecule has 0 unspecified atom stereocenters. The van der Waals surface area contributed by atoms with Gasteiger partial charge in [-0.05, 0) is 32.0 Å². The summed E-state index contributed by atoms with van der Waals surface area (Å²) in [5, 5.41) is 18.1. The van der Waals surface area contributed by atoms with Crippen molar-refractivity contribution in [2.45, 2.75) is 39.8 Å². The van der Waals surface area contributed by atoms with Gasteiger partial charge in [0.2, 0.25) is 11.9 Å². The molecule has 2 aromatic heterocycles. The van der Waals surface area contributed by atoms with E-state index >= 15 is 0 Å². The third-order valence-electron chi connectivity index (χ3n) is 6.00. The molecule has 244 valence electrons. The minimum atomic E-state index is -2.68. The molecule has 3 rings (SSSR count). The number of benzene rings is 1. The number of alkyl carbamates (subject to hydrolysis) is 1. The quantitative estimate of drug-likeness (QED) is 0.0738. The number of allylic oxidation sites excluding steroid dienone is 1. The summed E-state index contributed by atoms with van der Waals surface area (Å²) in [6, 6.07) is 4.53. The number of anilines is 1. The number of rotatable bonds is 18. The second-order valence-corrected chi connectivity index (χ2v) is 10.3. The zero-order valence-electron chi connectivity index (χ0n) is 24.7. The van der Waals surface area contributed by atoms with E-state index < -0.39 is 40.5 Å². The largest absolute Gasteiger partial charge is 0.491 e. The van der Waals surface area contributed by atoms with Gasteiger partial charge in [-0.2, -0.15) is 5.10 Å². The lowest BCUT2D eigenvalue weighted by Gasteiger charge is -2.13. The predicted octanol–water partition coefficient (Wildman–Crippen LogP) is 1.02. The first-order valence-corrected chi connectivity index (χ1v) is 15.2. The van der Waals surface area contributed by atoms with E-state index in [4.69, 9.17) is 25.1 Å². The number of aryl methyl sites for hydroxylation is 2. The molecule has 0 aliphatic rings. The number of amides is 3. The minimum absolute atomic E-state index is 0.0195. The number of carbonyl (C=O) groups is 4. The summed E-state index contributed by atoms with van der Waals surface area (Å²) in [7, 11) is -2.68. The molecule has 0 saturated carbocycles. The van der Waals surface area contributed by atoms with Crippen LogP contribution in [-0.4, -0.2) is 89.0 Å². The zero-order valence-corrected chi connectivity index (χ0v) is 25.6. The van der Waals surface area contributed by atoms with Gasteiger partial charge in [-0.1, -0.05) is 12.2 Å². The smallest absolute Gasteiger partial charge is 0.407 e. The highest BCUT2D eigenvalue weighted by Gasteiger charge is 2.21. The Morgan fingerprint density at radius 2 is 1.91 bits per heavy atom. The Kier molecular flexibility index (Phi) is 12.9. The standard InChI is InChI=1S/C27H35N7O10S/c1-3-34-20(13-17(2)32-34)25(38)31-26-30-19-14-18(24(28)37)15-21(23(19)33(26)9-4-5-10-42-16-45(40)41)43-11-6-12-44-27(39)29-8-7-22(35)36/h4-5,13-15,45H,3,6-12,16H2,1-2H3,(H2,28,37)(H,29,39)(H,35,36)(H,30,31,38)/b5-4+. The number of hydrogen-bond donors (Lipinski definition) is 5. The molecule has 18 heteroatoms. The summed E-state index contributed by atoms with van der Waals surface area (Å²) < 4.78 is 40.7. The maximum Gasteiger partial charge on any atom is 0.407 e. The lowest BCUT2D eigenvalue weighted by molar-refractivity contribution is -0.136. The Morgan fingerprint density at radius 3 is 2.60 bits per heavy atom. The minimum Gasteiger partial charge on any atom is -0.491 e. The fraction of sp³-hybridized carbons (Fsp3) is 0.407. The number of nitrogens with zero attached hydrogens (tertiary/aromatic N) is 4. The van der Waals surface area contributed by atoms with Gasteiger partial charge in [0.05, 0.1) is 37.5 Å². The molecule has 0 aliphatic heterocycles. The monoisotopic (exact) mass is 649 g/mol. The molecule has 0 saturated heterocycles. The van der Waals surface area contributed by atoms with Crippen molar-refractivity contribution in [3.05, 3.63) is 47.3 Å². The van der Waals surface area contributed by atoms with Gasteiger partial charge in [0, 0.05) is 31.6 Å². The lowest BCUT2D eigenvalue weighted by Crippen LogP contribution is -2.27. The third-order valence-corrected chi connectivity index (χ3v) is 6.40. The lowest BCUT2D eigenvalue weighted by atomic mass is 10.1. The molecule has 1 aromatic carbocycles. The van der Waals surface area contributed by atoms with Crippen LogP contribution in [0.2, 0.25) is 0 Å². The van der Waals surface area contributed by atoms with Crippen molar-refractivity contribution in [2.75, 3.05) is 37.6 Å². The van der Waals surface area contributed by atoms with Crippen LogP contribution >= 0.6 is 0 Å². The van der Waals surface area contributed by atoms with Crippen LogP contribution in [0.15, 0.2) is 30.4 Å². The number of aliphatic carboxylic acids is 1. The molecule has 0 radical (unpaired) electrons. The summed E-state index contributed by atoms with van der Waals surface area (Å²) in [5.74, 6) is -2.36. The number of carbonyl (C=O) groups excluding carboxylic acids is 3. The molecule has 2 heterocycles. The Morgan fingerprint density at radius 1 is 1.13 bits per heavy atom. The molecule has 0 aliphatic carbocycles. The van der Waals surface area contributed by atoms with E-state index in [2.05, 4.69) is 20.7 Å². The van der Waals surface area contributed by atoms with E-state index in [-0.39, 0.29) is 63.0 Å². The summed E-state index contributed by atoms with van der Waals surface area (Å²) in [6.07, 6.45) is 2.50. The number of nitrogens with two attached hydrogens (primary N) is 1. The van der Waals surface area contributed by atoms with Crippen molar-refractivity contribution in [1.82, 2.24) is 24.6 Å². The van der Waals surface area contributed by atoms with Gasteiger partial charge >= 0.3 is 12.1 Å². The van der Waals surface area contributed by atoms with Crippen LogP contribution < -0.4 is 21.1 Å². The molecule has 0 spiro atoms. The summed E-state index contributed by atoms with van der Waals surface area (Å²) in [6.45, 7) is 4.14. The molecule has 3 aromatic rings. The Balaban J connectivity index is 1.87. The Labute approximate surface area is 259 Å². The van der Waals surface area contributed by atoms with Crippen LogP contribution in [0.3, 0.4) is 0 Å². The normalized spacial score (nSPS) is 11.3. The van der Waals surface area contributed by atoms with Crippen molar-refractivity contribution in [3.8, 4) is 5.75 Å². The average molecular weight is 650 g/mol.